The standard InChI is InChI=1S/C20H33N3O2S.HI/c1-4-5-6-7-11-16-23(3)20(21-2)22-15-12-17-26(24,25)18-19-13-9-8-10-14-19;/h4,8-10,13-14H,1,5-7,11-12,15-18H2,2-3H3,(H,21,22);1H. The number of hydrogen-bond acceptors (Lipinski definition) is 3. The van der Waals surface area contributed by atoms with Crippen molar-refractivity contribution in [2.24, 2.45) is 4.99 Å². The van der Waals surface area contributed by atoms with E-state index in [0.29, 0.717) is 13.0 Å². The second-order valence-electron chi connectivity index (χ2n) is 6.46. The fraction of sp³-hybridized carbons (Fsp3) is 0.550. The number of hydrogen-bond donors (Lipinski definition) is 1. The number of sulfone groups is 1. The van der Waals surface area contributed by atoms with Gasteiger partial charge < -0.3 is 10.2 Å². The molecule has 0 saturated carbocycles. The van der Waals surface area contributed by atoms with Crippen LogP contribution in [0.3, 0.4) is 0 Å². The molecule has 0 atom stereocenters. The Morgan fingerprint density at radius 3 is 2.52 bits per heavy atom. The van der Waals surface area contributed by atoms with Crippen LogP contribution in [0.1, 0.15) is 37.7 Å². The third kappa shape index (κ3) is 12.1. The van der Waals surface area contributed by atoms with Crippen LogP contribution in [0.2, 0.25) is 0 Å². The van der Waals surface area contributed by atoms with Crippen molar-refractivity contribution in [3.8, 4) is 0 Å². The maximum atomic E-state index is 12.2. The summed E-state index contributed by atoms with van der Waals surface area (Å²) in [5.41, 5.74) is 0.840. The summed E-state index contributed by atoms with van der Waals surface area (Å²) in [6.45, 7) is 5.27. The molecule has 1 N–H and O–H groups in total. The number of nitrogens with one attached hydrogen (secondary N) is 1. The monoisotopic (exact) mass is 507 g/mol. The summed E-state index contributed by atoms with van der Waals surface area (Å²) >= 11 is 0. The number of benzene rings is 1. The Labute approximate surface area is 182 Å². The van der Waals surface area contributed by atoms with E-state index in [4.69, 9.17) is 0 Å². The molecule has 0 unspecified atom stereocenters. The minimum absolute atomic E-state index is 0. The molecule has 0 aliphatic heterocycles. The predicted octanol–water partition coefficient (Wildman–Crippen LogP) is 3.86. The van der Waals surface area contributed by atoms with Crippen LogP contribution in [-0.4, -0.2) is 52.2 Å². The molecule has 154 valence electrons. The van der Waals surface area contributed by atoms with Gasteiger partial charge in [0.15, 0.2) is 15.8 Å². The van der Waals surface area contributed by atoms with Crippen LogP contribution in [0, 0.1) is 0 Å². The topological polar surface area (TPSA) is 61.8 Å². The number of rotatable bonds is 12. The molecule has 1 rings (SSSR count). The summed E-state index contributed by atoms with van der Waals surface area (Å²) in [5.74, 6) is 1.10. The highest BCUT2D eigenvalue weighted by Crippen LogP contribution is 2.07. The zero-order valence-corrected chi connectivity index (χ0v) is 19.7. The quantitative estimate of drug-likeness (QED) is 0.154. The number of halogens is 1. The molecule has 0 fully saturated rings. The Morgan fingerprint density at radius 1 is 1.19 bits per heavy atom. The van der Waals surface area contributed by atoms with E-state index in [2.05, 4.69) is 21.8 Å². The molecule has 0 spiro atoms. The van der Waals surface area contributed by atoms with Crippen LogP contribution in [0.5, 0.6) is 0 Å². The van der Waals surface area contributed by atoms with Gasteiger partial charge in [0.1, 0.15) is 0 Å². The predicted molar refractivity (Wildman–Crippen MR) is 127 cm³/mol. The fourth-order valence-corrected chi connectivity index (χ4v) is 4.13. The van der Waals surface area contributed by atoms with E-state index >= 15 is 0 Å². The lowest BCUT2D eigenvalue weighted by Gasteiger charge is -2.22. The first-order chi connectivity index (χ1) is 12.5. The minimum atomic E-state index is -3.08. The van der Waals surface area contributed by atoms with Crippen molar-refractivity contribution in [2.45, 2.75) is 37.9 Å². The van der Waals surface area contributed by atoms with Crippen molar-refractivity contribution in [3.05, 3.63) is 48.6 Å². The molecule has 0 aliphatic rings. The van der Waals surface area contributed by atoms with Crippen molar-refractivity contribution in [3.63, 3.8) is 0 Å². The van der Waals surface area contributed by atoms with E-state index in [-0.39, 0.29) is 35.5 Å². The van der Waals surface area contributed by atoms with Gasteiger partial charge >= 0.3 is 0 Å². The van der Waals surface area contributed by atoms with E-state index in [9.17, 15) is 8.42 Å². The summed E-state index contributed by atoms with van der Waals surface area (Å²) in [7, 11) is 0.677. The Balaban J connectivity index is 0.00000676. The van der Waals surface area contributed by atoms with Gasteiger partial charge in [-0.15, -0.1) is 30.6 Å². The lowest BCUT2D eigenvalue weighted by atomic mass is 10.2. The Bertz CT molecular complexity index is 648. The van der Waals surface area contributed by atoms with Gasteiger partial charge in [-0.25, -0.2) is 8.42 Å². The third-order valence-corrected chi connectivity index (χ3v) is 5.80. The molecule has 0 bridgehead atoms. The summed E-state index contributed by atoms with van der Waals surface area (Å²) in [5, 5.41) is 3.25. The second-order valence-corrected chi connectivity index (χ2v) is 8.65. The van der Waals surface area contributed by atoms with Crippen LogP contribution in [0.15, 0.2) is 48.0 Å². The van der Waals surface area contributed by atoms with Crippen molar-refractivity contribution in [1.29, 1.82) is 0 Å². The summed E-state index contributed by atoms with van der Waals surface area (Å²) in [4.78, 5) is 6.36. The first-order valence-corrected chi connectivity index (χ1v) is 11.1. The smallest absolute Gasteiger partial charge is 0.193 e. The number of nitrogens with zero attached hydrogens (tertiary/aromatic N) is 2. The average molecular weight is 507 g/mol. The SMILES string of the molecule is C=CCCCCCN(C)C(=NC)NCCCS(=O)(=O)Cc1ccccc1.I. The van der Waals surface area contributed by atoms with Crippen LogP contribution < -0.4 is 5.32 Å². The Kier molecular flexibility index (Phi) is 14.3. The molecular weight excluding hydrogens is 473 g/mol. The molecule has 7 heteroatoms. The molecule has 27 heavy (non-hydrogen) atoms. The first-order valence-electron chi connectivity index (χ1n) is 9.25. The number of aliphatic imine (C=N–C) groups is 1. The molecule has 0 aliphatic carbocycles. The molecule has 0 heterocycles. The van der Waals surface area contributed by atoms with Crippen molar-refractivity contribution < 1.29 is 8.42 Å². The van der Waals surface area contributed by atoms with E-state index in [1.165, 1.54) is 12.8 Å². The lowest BCUT2D eigenvalue weighted by Crippen LogP contribution is -2.40. The molecule has 0 amide bonds. The fourth-order valence-electron chi connectivity index (χ4n) is 2.70. The molecule has 0 aromatic heterocycles. The highest BCUT2D eigenvalue weighted by molar-refractivity contribution is 14.0. The van der Waals surface area contributed by atoms with Gasteiger partial charge in [0.25, 0.3) is 0 Å². The van der Waals surface area contributed by atoms with E-state index in [0.717, 1.165) is 30.9 Å². The molecule has 5 nitrogen and oxygen atoms in total. The molecule has 1 aromatic carbocycles. The normalized spacial score (nSPS) is 11.6. The molecule has 1 aromatic rings. The van der Waals surface area contributed by atoms with Gasteiger partial charge in [0.2, 0.25) is 0 Å². The van der Waals surface area contributed by atoms with Crippen LogP contribution in [0.25, 0.3) is 0 Å². The van der Waals surface area contributed by atoms with E-state index < -0.39 is 9.84 Å². The Hall–Kier alpha value is -1.09. The zero-order valence-electron chi connectivity index (χ0n) is 16.6. The first kappa shape index (κ1) is 25.9. The summed E-state index contributed by atoms with van der Waals surface area (Å²) in [6, 6.07) is 9.32. The van der Waals surface area contributed by atoms with Gasteiger partial charge in [-0.2, -0.15) is 0 Å². The van der Waals surface area contributed by atoms with Crippen molar-refractivity contribution >= 4 is 39.8 Å². The van der Waals surface area contributed by atoms with Crippen molar-refractivity contribution in [2.75, 3.05) is 32.9 Å². The maximum Gasteiger partial charge on any atom is 0.193 e. The third-order valence-electron chi connectivity index (χ3n) is 4.12. The highest BCUT2D eigenvalue weighted by Gasteiger charge is 2.12. The lowest BCUT2D eigenvalue weighted by molar-refractivity contribution is 0.455. The second kappa shape index (κ2) is 14.9. The largest absolute Gasteiger partial charge is 0.356 e. The van der Waals surface area contributed by atoms with E-state index in [1.807, 2.05) is 43.5 Å². The minimum Gasteiger partial charge on any atom is -0.356 e. The van der Waals surface area contributed by atoms with Gasteiger partial charge in [0, 0.05) is 27.2 Å². The zero-order chi connectivity index (χ0) is 19.3. The molecular formula is C20H34IN3O2S. The van der Waals surface area contributed by atoms with Gasteiger partial charge in [-0.3, -0.25) is 4.99 Å². The van der Waals surface area contributed by atoms with Gasteiger partial charge in [-0.1, -0.05) is 42.8 Å². The van der Waals surface area contributed by atoms with E-state index in [1.54, 1.807) is 7.05 Å². The maximum absolute atomic E-state index is 12.2. The average Bonchev–Trinajstić information content (AvgIpc) is 2.62. The highest BCUT2D eigenvalue weighted by atomic mass is 127. The van der Waals surface area contributed by atoms with Crippen LogP contribution in [-0.2, 0) is 15.6 Å². The summed E-state index contributed by atoms with van der Waals surface area (Å²) in [6.07, 6.45) is 7.04. The number of guanidine groups is 1. The Morgan fingerprint density at radius 2 is 1.89 bits per heavy atom. The molecule has 0 saturated heterocycles. The van der Waals surface area contributed by atoms with Crippen LogP contribution in [0.4, 0.5) is 0 Å². The van der Waals surface area contributed by atoms with Gasteiger partial charge in [0.05, 0.1) is 11.5 Å². The number of unbranched alkanes of at least 4 members (excludes halogenated alkanes) is 3. The van der Waals surface area contributed by atoms with Crippen LogP contribution >= 0.6 is 24.0 Å². The summed E-state index contributed by atoms with van der Waals surface area (Å²) < 4.78 is 24.4. The van der Waals surface area contributed by atoms with Gasteiger partial charge in [-0.05, 0) is 31.2 Å². The number of allylic oxidation sites excluding steroid dienone is 1. The van der Waals surface area contributed by atoms with Crippen molar-refractivity contribution in [1.82, 2.24) is 10.2 Å². The molecule has 0 radical (unpaired) electrons.